The van der Waals surface area contributed by atoms with Crippen molar-refractivity contribution in [2.45, 2.75) is 59.3 Å². The van der Waals surface area contributed by atoms with Crippen molar-refractivity contribution in [1.82, 2.24) is 0 Å². The molecule has 0 aliphatic carbocycles. The Morgan fingerprint density at radius 3 is 2.25 bits per heavy atom. The summed E-state index contributed by atoms with van der Waals surface area (Å²) in [6, 6.07) is 0. The van der Waals surface area contributed by atoms with Gasteiger partial charge < -0.3 is 4.74 Å². The highest BCUT2D eigenvalue weighted by atomic mass is 16.5. The monoisotopic (exact) mass is 171 g/mol. The Morgan fingerprint density at radius 1 is 1.33 bits per heavy atom. The van der Waals surface area contributed by atoms with Gasteiger partial charge in [0.15, 0.2) is 0 Å². The van der Waals surface area contributed by atoms with Gasteiger partial charge in [0.05, 0.1) is 5.60 Å². The standard InChI is InChI=1S/C10H21NO/c1-6-8-11-9(7-2)12-10(3,4)5/h8-9H,6-7H2,1-5H3. The van der Waals surface area contributed by atoms with E-state index < -0.39 is 0 Å². The van der Waals surface area contributed by atoms with Crippen LogP contribution < -0.4 is 0 Å². The van der Waals surface area contributed by atoms with E-state index in [1.807, 2.05) is 6.21 Å². The van der Waals surface area contributed by atoms with Gasteiger partial charge in [0.25, 0.3) is 0 Å². The van der Waals surface area contributed by atoms with Crippen molar-refractivity contribution < 1.29 is 4.74 Å². The Hall–Kier alpha value is -0.370. The van der Waals surface area contributed by atoms with Crippen LogP contribution in [0, 0.1) is 0 Å². The summed E-state index contributed by atoms with van der Waals surface area (Å²) in [5.74, 6) is 0. The van der Waals surface area contributed by atoms with Crippen LogP contribution in [0.2, 0.25) is 0 Å². The van der Waals surface area contributed by atoms with Crippen LogP contribution in [0.25, 0.3) is 0 Å². The van der Waals surface area contributed by atoms with E-state index in [4.69, 9.17) is 4.74 Å². The highest BCUT2D eigenvalue weighted by molar-refractivity contribution is 5.56. The van der Waals surface area contributed by atoms with Crippen LogP contribution in [-0.4, -0.2) is 18.0 Å². The Kier molecular flexibility index (Phi) is 5.14. The molecule has 0 amide bonds. The highest BCUT2D eigenvalue weighted by Crippen LogP contribution is 2.13. The summed E-state index contributed by atoms with van der Waals surface area (Å²) in [5, 5.41) is 0. The summed E-state index contributed by atoms with van der Waals surface area (Å²) in [7, 11) is 0. The first kappa shape index (κ1) is 11.6. The molecule has 0 aromatic rings. The van der Waals surface area contributed by atoms with Gasteiger partial charge in [-0.2, -0.15) is 0 Å². The molecule has 0 aromatic heterocycles. The molecule has 2 heteroatoms. The third kappa shape index (κ3) is 6.35. The molecule has 12 heavy (non-hydrogen) atoms. The second-order valence-electron chi connectivity index (χ2n) is 3.83. The van der Waals surface area contributed by atoms with Crippen molar-refractivity contribution >= 4 is 6.21 Å². The second kappa shape index (κ2) is 5.31. The molecule has 2 nitrogen and oxygen atoms in total. The van der Waals surface area contributed by atoms with Gasteiger partial charge in [0.1, 0.15) is 6.23 Å². The molecule has 0 aromatic carbocycles. The minimum absolute atomic E-state index is 0.0324. The quantitative estimate of drug-likeness (QED) is 0.596. The van der Waals surface area contributed by atoms with Crippen LogP contribution >= 0.6 is 0 Å². The molecule has 0 spiro atoms. The van der Waals surface area contributed by atoms with Crippen molar-refractivity contribution in [3.8, 4) is 0 Å². The third-order valence-corrected chi connectivity index (χ3v) is 1.29. The van der Waals surface area contributed by atoms with Gasteiger partial charge >= 0.3 is 0 Å². The Labute approximate surface area is 76.0 Å². The number of aliphatic imine (C=N–C) groups is 1. The molecule has 0 saturated carbocycles. The molecule has 1 unspecified atom stereocenters. The molecule has 0 aliphatic rings. The van der Waals surface area contributed by atoms with Crippen LogP contribution in [-0.2, 0) is 4.74 Å². The molecular weight excluding hydrogens is 150 g/mol. The zero-order chi connectivity index (χ0) is 9.61. The summed E-state index contributed by atoms with van der Waals surface area (Å²) in [5.41, 5.74) is -0.0915. The van der Waals surface area contributed by atoms with Crippen LogP contribution in [0.5, 0.6) is 0 Å². The zero-order valence-corrected chi connectivity index (χ0v) is 8.92. The summed E-state index contributed by atoms with van der Waals surface area (Å²) in [6.45, 7) is 10.3. The first-order valence-electron chi connectivity index (χ1n) is 4.69. The normalized spacial score (nSPS) is 15.4. The van der Waals surface area contributed by atoms with E-state index in [0.717, 1.165) is 12.8 Å². The van der Waals surface area contributed by atoms with Crippen molar-refractivity contribution in [1.29, 1.82) is 0 Å². The molecule has 0 N–H and O–H groups in total. The highest BCUT2D eigenvalue weighted by Gasteiger charge is 2.15. The van der Waals surface area contributed by atoms with Crippen LogP contribution in [0.4, 0.5) is 0 Å². The largest absolute Gasteiger partial charge is 0.351 e. The maximum Gasteiger partial charge on any atom is 0.148 e. The maximum absolute atomic E-state index is 5.69. The number of hydrogen-bond acceptors (Lipinski definition) is 2. The van der Waals surface area contributed by atoms with E-state index in [1.165, 1.54) is 0 Å². The van der Waals surface area contributed by atoms with E-state index >= 15 is 0 Å². The molecule has 0 saturated heterocycles. The summed E-state index contributed by atoms with van der Waals surface area (Å²) in [4.78, 5) is 4.30. The van der Waals surface area contributed by atoms with Crippen molar-refractivity contribution in [2.75, 3.05) is 0 Å². The van der Waals surface area contributed by atoms with E-state index in [0.29, 0.717) is 0 Å². The van der Waals surface area contributed by atoms with Gasteiger partial charge in [-0.25, -0.2) is 0 Å². The van der Waals surface area contributed by atoms with Gasteiger partial charge in [-0.1, -0.05) is 13.8 Å². The molecule has 0 fully saturated rings. The van der Waals surface area contributed by atoms with Crippen molar-refractivity contribution in [3.63, 3.8) is 0 Å². The summed E-state index contributed by atoms with van der Waals surface area (Å²) in [6.07, 6.45) is 3.86. The molecular formula is C10H21NO. The fourth-order valence-corrected chi connectivity index (χ4v) is 0.850. The molecule has 0 rings (SSSR count). The van der Waals surface area contributed by atoms with Crippen LogP contribution in [0.1, 0.15) is 47.5 Å². The topological polar surface area (TPSA) is 21.6 Å². The number of nitrogens with zero attached hydrogens (tertiary/aromatic N) is 1. The van der Waals surface area contributed by atoms with E-state index in [9.17, 15) is 0 Å². The Bertz CT molecular complexity index is 135. The van der Waals surface area contributed by atoms with Gasteiger partial charge in [-0.15, -0.1) is 0 Å². The van der Waals surface area contributed by atoms with Gasteiger partial charge in [0.2, 0.25) is 0 Å². The average Bonchev–Trinajstić information content (AvgIpc) is 1.95. The molecule has 1 atom stereocenters. The lowest BCUT2D eigenvalue weighted by Gasteiger charge is -2.24. The first-order chi connectivity index (χ1) is 5.49. The predicted molar refractivity (Wildman–Crippen MR) is 53.7 cm³/mol. The predicted octanol–water partition coefficient (Wildman–Crippen LogP) is 3.02. The summed E-state index contributed by atoms with van der Waals surface area (Å²) >= 11 is 0. The van der Waals surface area contributed by atoms with Crippen LogP contribution in [0.15, 0.2) is 4.99 Å². The average molecular weight is 171 g/mol. The van der Waals surface area contributed by atoms with Gasteiger partial charge in [0, 0.05) is 6.21 Å². The fourth-order valence-electron chi connectivity index (χ4n) is 0.850. The van der Waals surface area contributed by atoms with E-state index in [1.54, 1.807) is 0 Å². The Morgan fingerprint density at radius 2 is 1.92 bits per heavy atom. The summed E-state index contributed by atoms with van der Waals surface area (Å²) < 4.78 is 5.69. The molecule has 0 heterocycles. The zero-order valence-electron chi connectivity index (χ0n) is 8.92. The lowest BCUT2D eigenvalue weighted by atomic mass is 10.2. The lowest BCUT2D eigenvalue weighted by Crippen LogP contribution is -2.25. The lowest BCUT2D eigenvalue weighted by molar-refractivity contribution is -0.0563. The molecule has 0 bridgehead atoms. The van der Waals surface area contributed by atoms with Crippen molar-refractivity contribution in [2.24, 2.45) is 4.99 Å². The molecule has 0 aliphatic heterocycles. The van der Waals surface area contributed by atoms with E-state index in [2.05, 4.69) is 39.6 Å². The Balaban J connectivity index is 3.91. The third-order valence-electron chi connectivity index (χ3n) is 1.29. The molecule has 0 radical (unpaired) electrons. The minimum atomic E-state index is -0.0915. The first-order valence-corrected chi connectivity index (χ1v) is 4.69. The maximum atomic E-state index is 5.69. The number of ether oxygens (including phenoxy) is 1. The number of hydrogen-bond donors (Lipinski definition) is 0. The smallest absolute Gasteiger partial charge is 0.148 e. The van der Waals surface area contributed by atoms with Gasteiger partial charge in [-0.05, 0) is 33.6 Å². The van der Waals surface area contributed by atoms with Gasteiger partial charge in [-0.3, -0.25) is 4.99 Å². The van der Waals surface area contributed by atoms with Crippen LogP contribution in [0.3, 0.4) is 0 Å². The van der Waals surface area contributed by atoms with Crippen molar-refractivity contribution in [3.05, 3.63) is 0 Å². The van der Waals surface area contributed by atoms with E-state index in [-0.39, 0.29) is 11.8 Å². The minimum Gasteiger partial charge on any atom is -0.351 e. The number of rotatable bonds is 4. The molecule has 72 valence electrons. The second-order valence-corrected chi connectivity index (χ2v) is 3.83. The fraction of sp³-hybridized carbons (Fsp3) is 0.900. The SMILES string of the molecule is CCC=NC(CC)OC(C)(C)C.